The summed E-state index contributed by atoms with van der Waals surface area (Å²) in [5, 5.41) is 0. The third-order valence-corrected chi connectivity index (χ3v) is 6.54. The predicted molar refractivity (Wildman–Crippen MR) is 133 cm³/mol. The Labute approximate surface area is 206 Å². The van der Waals surface area contributed by atoms with Crippen molar-refractivity contribution < 1.29 is 32.7 Å². The standard InChI is InChI=1S/C25H25B3O7/c1-29-25-24-23(22-21(31-25)17-30-26(32-22)18-11-5-2-6-12-18)33-27(19-13-7-3-8-14-19)35-28(34-24)20-15-9-4-10-16-20/h2-16,21-25H,17H2,1H3. The van der Waals surface area contributed by atoms with E-state index in [0.29, 0.717) is 6.61 Å². The highest BCUT2D eigenvalue weighted by Gasteiger charge is 2.56. The van der Waals surface area contributed by atoms with Crippen molar-refractivity contribution in [3.63, 3.8) is 0 Å². The molecule has 5 atom stereocenters. The highest BCUT2D eigenvalue weighted by Crippen LogP contribution is 2.33. The highest BCUT2D eigenvalue weighted by atomic mass is 16.8. The third-order valence-electron chi connectivity index (χ3n) is 6.54. The summed E-state index contributed by atoms with van der Waals surface area (Å²) in [7, 11) is -0.289. The predicted octanol–water partition coefficient (Wildman–Crippen LogP) is 0.760. The number of ether oxygens (including phenoxy) is 2. The van der Waals surface area contributed by atoms with Gasteiger partial charge in [0.1, 0.15) is 12.2 Å². The molecule has 10 heteroatoms. The molecule has 5 unspecified atom stereocenters. The molecule has 0 aromatic heterocycles. The molecule has 7 nitrogen and oxygen atoms in total. The Kier molecular flexibility index (Phi) is 6.76. The van der Waals surface area contributed by atoms with Gasteiger partial charge in [0, 0.05) is 7.11 Å². The van der Waals surface area contributed by atoms with Crippen molar-refractivity contribution in [1.82, 2.24) is 0 Å². The number of methoxy groups -OCH3 is 1. The van der Waals surface area contributed by atoms with Crippen LogP contribution in [0.4, 0.5) is 0 Å². The average molecular weight is 470 g/mol. The lowest BCUT2D eigenvalue weighted by Gasteiger charge is -2.48. The molecule has 0 spiro atoms. The van der Waals surface area contributed by atoms with E-state index in [0.717, 1.165) is 16.4 Å². The van der Waals surface area contributed by atoms with Gasteiger partial charge in [0.2, 0.25) is 0 Å². The average Bonchev–Trinajstić information content (AvgIpc) is 3.15. The van der Waals surface area contributed by atoms with Crippen LogP contribution in [0.5, 0.6) is 0 Å². The van der Waals surface area contributed by atoms with Crippen molar-refractivity contribution in [2.24, 2.45) is 0 Å². The van der Waals surface area contributed by atoms with Gasteiger partial charge >= 0.3 is 21.4 Å². The minimum absolute atomic E-state index is 0.343. The molecule has 3 saturated heterocycles. The van der Waals surface area contributed by atoms with Crippen LogP contribution in [0.2, 0.25) is 0 Å². The second kappa shape index (κ2) is 10.3. The van der Waals surface area contributed by atoms with Crippen LogP contribution in [0.25, 0.3) is 0 Å². The Balaban J connectivity index is 1.36. The molecule has 3 aliphatic rings. The normalized spacial score (nSPS) is 28.7. The van der Waals surface area contributed by atoms with E-state index in [1.54, 1.807) is 7.11 Å². The Bertz CT molecular complexity index is 1090. The van der Waals surface area contributed by atoms with Gasteiger partial charge in [0.15, 0.2) is 6.29 Å². The second-order valence-corrected chi connectivity index (χ2v) is 8.78. The third kappa shape index (κ3) is 4.71. The zero-order valence-electron chi connectivity index (χ0n) is 19.3. The summed E-state index contributed by atoms with van der Waals surface area (Å²) in [5.74, 6) is 0. The number of benzene rings is 3. The van der Waals surface area contributed by atoms with E-state index in [4.69, 9.17) is 32.7 Å². The van der Waals surface area contributed by atoms with Gasteiger partial charge in [0.05, 0.1) is 18.8 Å². The Hall–Kier alpha value is -2.43. The van der Waals surface area contributed by atoms with Gasteiger partial charge in [-0.2, -0.15) is 0 Å². The number of hydrogen-bond donors (Lipinski definition) is 0. The minimum atomic E-state index is -0.682. The summed E-state index contributed by atoms with van der Waals surface area (Å²) < 4.78 is 44.0. The van der Waals surface area contributed by atoms with Gasteiger partial charge < -0.3 is 32.7 Å². The van der Waals surface area contributed by atoms with Crippen LogP contribution in [-0.4, -0.2) is 65.8 Å². The SMILES string of the molecule is COC1OC2COB(c3ccccc3)OC2C2OB(c3ccccc3)OB(c3ccccc3)OC12. The van der Waals surface area contributed by atoms with Gasteiger partial charge in [-0.3, -0.25) is 0 Å². The molecule has 35 heavy (non-hydrogen) atoms. The molecule has 3 aliphatic heterocycles. The van der Waals surface area contributed by atoms with Crippen molar-refractivity contribution in [1.29, 1.82) is 0 Å². The van der Waals surface area contributed by atoms with E-state index in [1.807, 2.05) is 91.0 Å². The van der Waals surface area contributed by atoms with E-state index in [2.05, 4.69) is 0 Å². The van der Waals surface area contributed by atoms with Crippen molar-refractivity contribution >= 4 is 37.7 Å². The van der Waals surface area contributed by atoms with Crippen molar-refractivity contribution in [2.75, 3.05) is 13.7 Å². The summed E-state index contributed by atoms with van der Waals surface area (Å²) in [6, 6.07) is 29.5. The van der Waals surface area contributed by atoms with Crippen LogP contribution in [0, 0.1) is 0 Å². The quantitative estimate of drug-likeness (QED) is 0.523. The summed E-state index contributed by atoms with van der Waals surface area (Å²) in [6.45, 7) is 0.343. The molecular formula is C25H25B3O7. The summed E-state index contributed by atoms with van der Waals surface area (Å²) in [5.41, 5.74) is 2.70. The lowest BCUT2D eigenvalue weighted by molar-refractivity contribution is -0.289. The molecular weight excluding hydrogens is 445 g/mol. The van der Waals surface area contributed by atoms with E-state index >= 15 is 0 Å². The lowest BCUT2D eigenvalue weighted by Crippen LogP contribution is -2.67. The maximum absolute atomic E-state index is 6.65. The van der Waals surface area contributed by atoms with Gasteiger partial charge in [-0.1, -0.05) is 91.0 Å². The van der Waals surface area contributed by atoms with Crippen molar-refractivity contribution in [2.45, 2.75) is 30.7 Å². The van der Waals surface area contributed by atoms with E-state index in [9.17, 15) is 0 Å². The molecule has 0 N–H and O–H groups in total. The molecule has 3 aromatic rings. The smallest absolute Gasteiger partial charge is 0.443 e. The molecule has 3 heterocycles. The first kappa shape index (κ1) is 23.0. The van der Waals surface area contributed by atoms with Gasteiger partial charge in [-0.15, -0.1) is 0 Å². The first-order valence-electron chi connectivity index (χ1n) is 11.9. The Morgan fingerprint density at radius 2 is 1.11 bits per heavy atom. The fourth-order valence-electron chi connectivity index (χ4n) is 4.81. The monoisotopic (exact) mass is 470 g/mol. The Morgan fingerprint density at radius 1 is 0.629 bits per heavy atom. The molecule has 0 amide bonds. The van der Waals surface area contributed by atoms with Crippen LogP contribution in [-0.2, 0) is 32.7 Å². The Morgan fingerprint density at radius 3 is 1.66 bits per heavy atom. The first-order valence-corrected chi connectivity index (χ1v) is 11.9. The van der Waals surface area contributed by atoms with Crippen LogP contribution >= 0.6 is 0 Å². The molecule has 3 aromatic carbocycles. The van der Waals surface area contributed by atoms with Crippen LogP contribution in [0.15, 0.2) is 91.0 Å². The lowest BCUT2D eigenvalue weighted by atomic mass is 9.71. The maximum atomic E-state index is 6.65. The largest absolute Gasteiger partial charge is 0.494 e. The van der Waals surface area contributed by atoms with Crippen LogP contribution in [0.1, 0.15) is 0 Å². The summed E-state index contributed by atoms with van der Waals surface area (Å²) in [4.78, 5) is 0. The molecule has 0 saturated carbocycles. The van der Waals surface area contributed by atoms with Crippen LogP contribution in [0.3, 0.4) is 0 Å². The fourth-order valence-corrected chi connectivity index (χ4v) is 4.81. The number of hydrogen-bond acceptors (Lipinski definition) is 7. The summed E-state index contributed by atoms with van der Waals surface area (Å²) in [6.07, 6.45) is -2.61. The number of rotatable bonds is 4. The summed E-state index contributed by atoms with van der Waals surface area (Å²) >= 11 is 0. The van der Waals surface area contributed by atoms with E-state index in [1.165, 1.54) is 0 Å². The molecule has 176 valence electrons. The molecule has 0 bridgehead atoms. The first-order chi connectivity index (χ1) is 17.3. The molecule has 0 aliphatic carbocycles. The van der Waals surface area contributed by atoms with Crippen LogP contribution < -0.4 is 16.4 Å². The van der Waals surface area contributed by atoms with E-state index < -0.39 is 46.0 Å². The molecule has 3 fully saturated rings. The van der Waals surface area contributed by atoms with Gasteiger partial charge in [0.25, 0.3) is 0 Å². The zero-order valence-corrected chi connectivity index (χ0v) is 19.3. The highest BCUT2D eigenvalue weighted by molar-refractivity contribution is 6.74. The molecule has 6 rings (SSSR count). The van der Waals surface area contributed by atoms with Crippen molar-refractivity contribution in [3.8, 4) is 0 Å². The van der Waals surface area contributed by atoms with Crippen molar-refractivity contribution in [3.05, 3.63) is 91.0 Å². The van der Waals surface area contributed by atoms with Gasteiger partial charge in [-0.05, 0) is 16.4 Å². The number of fused-ring (bicyclic) bond motifs is 3. The fraction of sp³-hybridized carbons (Fsp3) is 0.280. The van der Waals surface area contributed by atoms with Gasteiger partial charge in [-0.25, -0.2) is 0 Å². The topological polar surface area (TPSA) is 64.6 Å². The van der Waals surface area contributed by atoms with E-state index in [-0.39, 0.29) is 6.10 Å². The minimum Gasteiger partial charge on any atom is -0.443 e. The molecule has 0 radical (unpaired) electrons. The zero-order chi connectivity index (χ0) is 23.6. The second-order valence-electron chi connectivity index (χ2n) is 8.78. The maximum Gasteiger partial charge on any atom is 0.494 e.